The number of carbonyl (C=O) groups is 2. The standard InChI is InChI=1S/C21H27ClN4O3/c1-13-15(22)6-5-7-16(13)23-19(27)11-10-17-24-25-18(26(17)14-8-9-14)12-20(28)29-21(2,3)4/h5-7,14H,8-12H2,1-4H3,(H,23,27). The van der Waals surface area contributed by atoms with Crippen LogP contribution in [0.1, 0.15) is 63.3 Å². The molecule has 8 heteroatoms. The zero-order valence-electron chi connectivity index (χ0n) is 17.3. The highest BCUT2D eigenvalue weighted by Crippen LogP contribution is 2.37. The fraction of sp³-hybridized carbons (Fsp3) is 0.524. The molecule has 0 unspecified atom stereocenters. The van der Waals surface area contributed by atoms with Crippen LogP contribution in [0.15, 0.2) is 18.2 Å². The van der Waals surface area contributed by atoms with E-state index in [1.807, 2.05) is 38.3 Å². The zero-order valence-corrected chi connectivity index (χ0v) is 18.0. The number of hydrogen-bond donors (Lipinski definition) is 1. The third kappa shape index (κ3) is 5.79. The Balaban J connectivity index is 1.64. The van der Waals surface area contributed by atoms with Crippen molar-refractivity contribution in [2.45, 2.75) is 71.4 Å². The van der Waals surface area contributed by atoms with Crippen LogP contribution in [0.2, 0.25) is 5.02 Å². The van der Waals surface area contributed by atoms with E-state index in [2.05, 4.69) is 15.5 Å². The van der Waals surface area contributed by atoms with Gasteiger partial charge in [0.15, 0.2) is 0 Å². The minimum atomic E-state index is -0.541. The van der Waals surface area contributed by atoms with Crippen LogP contribution in [-0.2, 0) is 27.2 Å². The van der Waals surface area contributed by atoms with Crippen LogP contribution in [0.4, 0.5) is 5.69 Å². The summed E-state index contributed by atoms with van der Waals surface area (Å²) in [4.78, 5) is 24.6. The van der Waals surface area contributed by atoms with Gasteiger partial charge in [0.25, 0.3) is 0 Å². The first kappa shape index (κ1) is 21.3. The summed E-state index contributed by atoms with van der Waals surface area (Å²) in [7, 11) is 0. The predicted octanol–water partition coefficient (Wildman–Crippen LogP) is 4.03. The molecule has 1 N–H and O–H groups in total. The lowest BCUT2D eigenvalue weighted by Gasteiger charge is -2.19. The monoisotopic (exact) mass is 418 g/mol. The Hall–Kier alpha value is -2.41. The van der Waals surface area contributed by atoms with Gasteiger partial charge >= 0.3 is 5.97 Å². The fourth-order valence-corrected chi connectivity index (χ4v) is 3.27. The number of aryl methyl sites for hydroxylation is 1. The largest absolute Gasteiger partial charge is 0.460 e. The van der Waals surface area contributed by atoms with Gasteiger partial charge in [-0.1, -0.05) is 17.7 Å². The van der Waals surface area contributed by atoms with Crippen molar-refractivity contribution in [1.82, 2.24) is 14.8 Å². The quantitative estimate of drug-likeness (QED) is 0.686. The molecule has 0 radical (unpaired) electrons. The molecule has 7 nitrogen and oxygen atoms in total. The molecule has 0 saturated heterocycles. The minimum Gasteiger partial charge on any atom is -0.460 e. The molecule has 29 heavy (non-hydrogen) atoms. The van der Waals surface area contributed by atoms with Crippen LogP contribution in [-0.4, -0.2) is 32.2 Å². The molecule has 0 atom stereocenters. The van der Waals surface area contributed by atoms with E-state index in [4.69, 9.17) is 16.3 Å². The van der Waals surface area contributed by atoms with Gasteiger partial charge in [0.2, 0.25) is 5.91 Å². The Morgan fingerprint density at radius 1 is 1.24 bits per heavy atom. The number of esters is 1. The highest BCUT2D eigenvalue weighted by Gasteiger charge is 2.31. The van der Waals surface area contributed by atoms with Gasteiger partial charge < -0.3 is 14.6 Å². The van der Waals surface area contributed by atoms with Gasteiger partial charge in [-0.15, -0.1) is 10.2 Å². The average Bonchev–Trinajstić information content (AvgIpc) is 3.37. The first-order valence-electron chi connectivity index (χ1n) is 9.83. The molecule has 1 heterocycles. The topological polar surface area (TPSA) is 86.1 Å². The number of benzene rings is 1. The van der Waals surface area contributed by atoms with Crippen molar-refractivity contribution in [2.24, 2.45) is 0 Å². The van der Waals surface area contributed by atoms with E-state index in [-0.39, 0.29) is 24.7 Å². The maximum absolute atomic E-state index is 12.4. The highest BCUT2D eigenvalue weighted by molar-refractivity contribution is 6.31. The lowest BCUT2D eigenvalue weighted by atomic mass is 10.2. The van der Waals surface area contributed by atoms with Crippen molar-refractivity contribution in [3.05, 3.63) is 40.4 Å². The van der Waals surface area contributed by atoms with Crippen LogP contribution in [0, 0.1) is 6.92 Å². The van der Waals surface area contributed by atoms with Crippen LogP contribution >= 0.6 is 11.6 Å². The summed E-state index contributed by atoms with van der Waals surface area (Å²) in [5.74, 6) is 0.883. The van der Waals surface area contributed by atoms with Crippen molar-refractivity contribution < 1.29 is 14.3 Å². The molecule has 3 rings (SSSR count). The number of halogens is 1. The molecular weight excluding hydrogens is 392 g/mol. The van der Waals surface area contributed by atoms with Gasteiger partial charge in [-0.05, 0) is 58.2 Å². The second-order valence-electron chi connectivity index (χ2n) is 8.36. The Bertz CT molecular complexity index is 913. The number of anilines is 1. The predicted molar refractivity (Wildman–Crippen MR) is 111 cm³/mol. The molecule has 1 fully saturated rings. The van der Waals surface area contributed by atoms with Gasteiger partial charge in [-0.3, -0.25) is 9.59 Å². The molecule has 1 aromatic carbocycles. The first-order valence-corrected chi connectivity index (χ1v) is 10.2. The summed E-state index contributed by atoms with van der Waals surface area (Å²) >= 11 is 6.11. The Morgan fingerprint density at radius 3 is 2.59 bits per heavy atom. The number of hydrogen-bond acceptors (Lipinski definition) is 5. The maximum Gasteiger partial charge on any atom is 0.314 e. The number of aromatic nitrogens is 3. The number of ether oxygens (including phenoxy) is 1. The summed E-state index contributed by atoms with van der Waals surface area (Å²) in [6, 6.07) is 5.72. The van der Waals surface area contributed by atoms with Crippen LogP contribution in [0.25, 0.3) is 0 Å². The summed E-state index contributed by atoms with van der Waals surface area (Å²) in [5.41, 5.74) is 1.00. The van der Waals surface area contributed by atoms with Gasteiger partial charge in [0, 0.05) is 29.6 Å². The fourth-order valence-electron chi connectivity index (χ4n) is 3.09. The molecular formula is C21H27ClN4O3. The number of nitrogens with zero attached hydrogens (tertiary/aromatic N) is 3. The zero-order chi connectivity index (χ0) is 21.2. The van der Waals surface area contributed by atoms with E-state index < -0.39 is 5.60 Å². The second-order valence-corrected chi connectivity index (χ2v) is 8.76. The lowest BCUT2D eigenvalue weighted by molar-refractivity contribution is -0.154. The Kier molecular flexibility index (Phi) is 6.27. The average molecular weight is 419 g/mol. The van der Waals surface area contributed by atoms with Crippen molar-refractivity contribution in [3.63, 3.8) is 0 Å². The molecule has 1 aromatic heterocycles. The first-order chi connectivity index (χ1) is 13.6. The molecule has 2 aromatic rings. The van der Waals surface area contributed by atoms with E-state index in [1.54, 1.807) is 12.1 Å². The number of rotatable bonds is 7. The lowest BCUT2D eigenvalue weighted by Crippen LogP contribution is -2.26. The number of carbonyl (C=O) groups excluding carboxylic acids is 2. The third-order valence-corrected chi connectivity index (χ3v) is 5.00. The van der Waals surface area contributed by atoms with Gasteiger partial charge in [-0.2, -0.15) is 0 Å². The molecule has 1 saturated carbocycles. The van der Waals surface area contributed by atoms with Crippen molar-refractivity contribution in [2.75, 3.05) is 5.32 Å². The van der Waals surface area contributed by atoms with Gasteiger partial charge in [-0.25, -0.2) is 0 Å². The SMILES string of the molecule is Cc1c(Cl)cccc1NC(=O)CCc1nnc(CC(=O)OC(C)(C)C)n1C1CC1. The van der Waals surface area contributed by atoms with E-state index in [0.717, 1.165) is 24.2 Å². The molecule has 156 valence electrons. The van der Waals surface area contributed by atoms with E-state index in [1.165, 1.54) is 0 Å². The molecule has 0 aliphatic heterocycles. The van der Waals surface area contributed by atoms with Gasteiger partial charge in [0.1, 0.15) is 23.7 Å². The summed E-state index contributed by atoms with van der Waals surface area (Å²) in [6.07, 6.45) is 2.85. The van der Waals surface area contributed by atoms with E-state index >= 15 is 0 Å². The highest BCUT2D eigenvalue weighted by atomic mass is 35.5. The van der Waals surface area contributed by atoms with Crippen molar-refractivity contribution in [3.8, 4) is 0 Å². The summed E-state index contributed by atoms with van der Waals surface area (Å²) in [5, 5.41) is 11.9. The normalized spacial score (nSPS) is 14.0. The molecule has 0 spiro atoms. The summed E-state index contributed by atoms with van der Waals surface area (Å²) < 4.78 is 7.40. The molecule has 1 aliphatic carbocycles. The van der Waals surface area contributed by atoms with Crippen LogP contribution < -0.4 is 5.32 Å². The van der Waals surface area contributed by atoms with Crippen molar-refractivity contribution in [1.29, 1.82) is 0 Å². The molecule has 0 bridgehead atoms. The maximum atomic E-state index is 12.4. The van der Waals surface area contributed by atoms with Gasteiger partial charge in [0.05, 0.1) is 0 Å². The Labute approximate surface area is 175 Å². The van der Waals surface area contributed by atoms with Crippen LogP contribution in [0.5, 0.6) is 0 Å². The van der Waals surface area contributed by atoms with E-state index in [0.29, 0.717) is 29.0 Å². The van der Waals surface area contributed by atoms with Crippen molar-refractivity contribution >= 4 is 29.2 Å². The Morgan fingerprint density at radius 2 is 1.93 bits per heavy atom. The summed E-state index contributed by atoms with van der Waals surface area (Å²) in [6.45, 7) is 7.37. The number of amides is 1. The third-order valence-electron chi connectivity index (χ3n) is 4.59. The number of nitrogens with one attached hydrogen (secondary N) is 1. The smallest absolute Gasteiger partial charge is 0.314 e. The van der Waals surface area contributed by atoms with E-state index in [9.17, 15) is 9.59 Å². The molecule has 1 aliphatic rings. The van der Waals surface area contributed by atoms with Crippen LogP contribution in [0.3, 0.4) is 0 Å². The molecule has 1 amide bonds. The minimum absolute atomic E-state index is 0.0781. The second kappa shape index (κ2) is 8.53.